The fourth-order valence-corrected chi connectivity index (χ4v) is 1.97. The molecule has 1 rings (SSSR count). The van der Waals surface area contributed by atoms with Gasteiger partial charge in [0.1, 0.15) is 0 Å². The molecule has 1 aromatic rings. The predicted molar refractivity (Wildman–Crippen MR) is 79.0 cm³/mol. The van der Waals surface area contributed by atoms with Gasteiger partial charge in [-0.2, -0.15) is 0 Å². The Morgan fingerprint density at radius 3 is 2.79 bits per heavy atom. The van der Waals surface area contributed by atoms with E-state index in [9.17, 15) is 0 Å². The highest BCUT2D eigenvalue weighted by molar-refractivity contribution is 4.91. The molecule has 1 N–H and O–H groups in total. The van der Waals surface area contributed by atoms with E-state index in [0.717, 1.165) is 44.3 Å². The lowest BCUT2D eigenvalue weighted by Gasteiger charge is -2.23. The number of nitrogens with one attached hydrogen (secondary N) is 1. The summed E-state index contributed by atoms with van der Waals surface area (Å²) in [7, 11) is 0. The maximum atomic E-state index is 4.17. The fourth-order valence-electron chi connectivity index (χ4n) is 1.97. The molecular formula is C14H29N5. The van der Waals surface area contributed by atoms with Crippen molar-refractivity contribution in [3.8, 4) is 0 Å². The lowest BCUT2D eigenvalue weighted by Crippen LogP contribution is -2.31. The minimum Gasteiger partial charge on any atom is -0.311 e. The van der Waals surface area contributed by atoms with Gasteiger partial charge >= 0.3 is 0 Å². The third-order valence-corrected chi connectivity index (χ3v) is 3.50. The number of rotatable bonds is 10. The first kappa shape index (κ1) is 16.1. The van der Waals surface area contributed by atoms with Gasteiger partial charge < -0.3 is 10.2 Å². The van der Waals surface area contributed by atoms with Crippen molar-refractivity contribution in [1.29, 1.82) is 0 Å². The molecule has 0 radical (unpaired) electrons. The van der Waals surface area contributed by atoms with Gasteiger partial charge in [-0.3, -0.25) is 4.68 Å². The van der Waals surface area contributed by atoms with E-state index in [1.807, 2.05) is 10.9 Å². The third kappa shape index (κ3) is 6.16. The van der Waals surface area contributed by atoms with E-state index in [1.54, 1.807) is 0 Å². The Morgan fingerprint density at radius 1 is 1.37 bits per heavy atom. The van der Waals surface area contributed by atoms with Crippen molar-refractivity contribution in [3.05, 3.63) is 11.9 Å². The van der Waals surface area contributed by atoms with Gasteiger partial charge in [-0.05, 0) is 19.0 Å². The maximum Gasteiger partial charge on any atom is 0.0964 e. The van der Waals surface area contributed by atoms with Crippen molar-refractivity contribution in [2.24, 2.45) is 5.92 Å². The molecule has 1 aromatic heterocycles. The van der Waals surface area contributed by atoms with Crippen LogP contribution in [-0.2, 0) is 13.1 Å². The highest BCUT2D eigenvalue weighted by atomic mass is 15.4. The zero-order valence-corrected chi connectivity index (χ0v) is 12.9. The Kier molecular flexibility index (Phi) is 7.67. The monoisotopic (exact) mass is 267 g/mol. The number of aromatic nitrogens is 3. The van der Waals surface area contributed by atoms with Gasteiger partial charge in [0.15, 0.2) is 0 Å². The first-order valence-electron chi connectivity index (χ1n) is 7.51. The second-order valence-corrected chi connectivity index (χ2v) is 5.16. The van der Waals surface area contributed by atoms with E-state index >= 15 is 0 Å². The van der Waals surface area contributed by atoms with Crippen LogP contribution in [0.25, 0.3) is 0 Å². The SMILES string of the molecule is CCNCc1cn(CCN(CC)CC(C)CC)nn1. The average Bonchev–Trinajstić information content (AvgIpc) is 2.88. The molecule has 0 aromatic carbocycles. The van der Waals surface area contributed by atoms with Gasteiger partial charge in [0, 0.05) is 25.8 Å². The van der Waals surface area contributed by atoms with Gasteiger partial charge in [0.2, 0.25) is 0 Å². The van der Waals surface area contributed by atoms with Crippen LogP contribution >= 0.6 is 0 Å². The summed E-state index contributed by atoms with van der Waals surface area (Å²) in [6.45, 7) is 14.9. The summed E-state index contributed by atoms with van der Waals surface area (Å²) in [4.78, 5) is 2.49. The minimum absolute atomic E-state index is 0.764. The topological polar surface area (TPSA) is 46.0 Å². The average molecular weight is 267 g/mol. The first-order valence-corrected chi connectivity index (χ1v) is 7.51. The van der Waals surface area contributed by atoms with Gasteiger partial charge in [0.05, 0.1) is 12.2 Å². The summed E-state index contributed by atoms with van der Waals surface area (Å²) < 4.78 is 1.95. The van der Waals surface area contributed by atoms with Gasteiger partial charge in [-0.1, -0.05) is 39.3 Å². The summed E-state index contributed by atoms with van der Waals surface area (Å²) in [5.41, 5.74) is 1.02. The van der Waals surface area contributed by atoms with Crippen LogP contribution in [0.5, 0.6) is 0 Å². The summed E-state index contributed by atoms with van der Waals surface area (Å²) in [6, 6.07) is 0. The number of hydrogen-bond acceptors (Lipinski definition) is 4. The predicted octanol–water partition coefficient (Wildman–Crippen LogP) is 1.76. The Hall–Kier alpha value is -0.940. The summed E-state index contributed by atoms with van der Waals surface area (Å²) in [6.07, 6.45) is 3.28. The molecule has 0 amide bonds. The van der Waals surface area contributed by atoms with Crippen LogP contribution in [0.1, 0.15) is 39.8 Å². The Morgan fingerprint density at radius 2 is 2.16 bits per heavy atom. The van der Waals surface area contributed by atoms with Crippen molar-refractivity contribution in [2.45, 2.75) is 47.2 Å². The van der Waals surface area contributed by atoms with Crippen molar-refractivity contribution >= 4 is 0 Å². The highest BCUT2D eigenvalue weighted by Gasteiger charge is 2.08. The smallest absolute Gasteiger partial charge is 0.0964 e. The van der Waals surface area contributed by atoms with E-state index in [0.29, 0.717) is 0 Å². The maximum absolute atomic E-state index is 4.17. The van der Waals surface area contributed by atoms with Crippen LogP contribution in [0, 0.1) is 5.92 Å². The first-order chi connectivity index (χ1) is 9.19. The van der Waals surface area contributed by atoms with Crippen molar-refractivity contribution in [2.75, 3.05) is 26.2 Å². The molecule has 1 atom stereocenters. The molecule has 0 saturated heterocycles. The van der Waals surface area contributed by atoms with Crippen LogP contribution in [0.2, 0.25) is 0 Å². The molecule has 1 unspecified atom stereocenters. The molecule has 5 heteroatoms. The Bertz CT molecular complexity index is 336. The molecule has 0 saturated carbocycles. The number of nitrogens with zero attached hydrogens (tertiary/aromatic N) is 4. The Balaban J connectivity index is 2.35. The van der Waals surface area contributed by atoms with Crippen LogP contribution < -0.4 is 5.32 Å². The van der Waals surface area contributed by atoms with Gasteiger partial charge in [-0.15, -0.1) is 5.10 Å². The molecule has 0 bridgehead atoms. The van der Waals surface area contributed by atoms with E-state index in [4.69, 9.17) is 0 Å². The third-order valence-electron chi connectivity index (χ3n) is 3.50. The second-order valence-electron chi connectivity index (χ2n) is 5.16. The zero-order chi connectivity index (χ0) is 14.1. The molecule has 0 aliphatic heterocycles. The van der Waals surface area contributed by atoms with Gasteiger partial charge in [-0.25, -0.2) is 0 Å². The minimum atomic E-state index is 0.764. The number of hydrogen-bond donors (Lipinski definition) is 1. The molecule has 110 valence electrons. The zero-order valence-electron chi connectivity index (χ0n) is 12.9. The lowest BCUT2D eigenvalue weighted by molar-refractivity contribution is 0.233. The summed E-state index contributed by atoms with van der Waals surface area (Å²) in [5, 5.41) is 11.6. The standard InChI is InChI=1S/C14H29N5/c1-5-13(4)11-18(7-3)8-9-19-12-14(16-17-19)10-15-6-2/h12-13,15H,5-11H2,1-4H3. The molecule has 5 nitrogen and oxygen atoms in total. The van der Waals surface area contributed by atoms with Crippen LogP contribution in [0.3, 0.4) is 0 Å². The normalized spacial score (nSPS) is 13.1. The quantitative estimate of drug-likeness (QED) is 0.701. The highest BCUT2D eigenvalue weighted by Crippen LogP contribution is 2.04. The fraction of sp³-hybridized carbons (Fsp3) is 0.857. The summed E-state index contributed by atoms with van der Waals surface area (Å²) >= 11 is 0. The van der Waals surface area contributed by atoms with E-state index in [2.05, 4.69) is 48.2 Å². The van der Waals surface area contributed by atoms with Crippen molar-refractivity contribution in [3.63, 3.8) is 0 Å². The van der Waals surface area contributed by atoms with Crippen LogP contribution in [0.15, 0.2) is 6.20 Å². The Labute approximate surface area is 117 Å². The largest absolute Gasteiger partial charge is 0.311 e. The van der Waals surface area contributed by atoms with Crippen molar-refractivity contribution in [1.82, 2.24) is 25.2 Å². The van der Waals surface area contributed by atoms with E-state index in [-0.39, 0.29) is 0 Å². The van der Waals surface area contributed by atoms with Crippen molar-refractivity contribution < 1.29 is 0 Å². The molecule has 19 heavy (non-hydrogen) atoms. The van der Waals surface area contributed by atoms with E-state index in [1.165, 1.54) is 13.0 Å². The van der Waals surface area contributed by atoms with E-state index < -0.39 is 0 Å². The molecule has 1 heterocycles. The molecule has 0 aliphatic carbocycles. The van der Waals surface area contributed by atoms with Crippen LogP contribution in [-0.4, -0.2) is 46.1 Å². The number of likely N-dealkylation sites (N-methyl/N-ethyl adjacent to an activating group) is 1. The summed E-state index contributed by atoms with van der Waals surface area (Å²) in [5.74, 6) is 0.764. The van der Waals surface area contributed by atoms with Gasteiger partial charge in [0.25, 0.3) is 0 Å². The second kappa shape index (κ2) is 9.04. The molecule has 0 aliphatic rings. The molecule has 0 fully saturated rings. The lowest BCUT2D eigenvalue weighted by atomic mass is 10.1. The molecular weight excluding hydrogens is 238 g/mol. The van der Waals surface area contributed by atoms with Crippen LogP contribution in [0.4, 0.5) is 0 Å². The molecule has 0 spiro atoms.